The van der Waals surface area contributed by atoms with E-state index in [1.54, 1.807) is 0 Å². The first-order valence-corrected chi connectivity index (χ1v) is 10.2. The summed E-state index contributed by atoms with van der Waals surface area (Å²) < 4.78 is 5.61. The summed E-state index contributed by atoms with van der Waals surface area (Å²) >= 11 is 0. The molecule has 3 rings (SSSR count). The van der Waals surface area contributed by atoms with E-state index in [9.17, 15) is 0 Å². The van der Waals surface area contributed by atoms with E-state index in [4.69, 9.17) is 4.74 Å². The topological polar surface area (TPSA) is 28.6 Å². The minimum absolute atomic E-state index is 0.738. The van der Waals surface area contributed by atoms with Crippen LogP contribution in [0.3, 0.4) is 0 Å². The summed E-state index contributed by atoms with van der Waals surface area (Å²) in [6, 6.07) is 5.73. The average molecular weight is 346 g/mol. The van der Waals surface area contributed by atoms with Gasteiger partial charge in [0.2, 0.25) is 0 Å². The summed E-state index contributed by atoms with van der Waals surface area (Å²) in [5, 5.41) is 0. The third-order valence-corrected chi connectivity index (χ3v) is 5.78. The fourth-order valence-electron chi connectivity index (χ4n) is 4.25. The van der Waals surface area contributed by atoms with Crippen molar-refractivity contribution >= 4 is 0 Å². The summed E-state index contributed by atoms with van der Waals surface area (Å²) in [4.78, 5) is 9.70. The van der Waals surface area contributed by atoms with Crippen molar-refractivity contribution in [3.8, 4) is 0 Å². The van der Waals surface area contributed by atoms with Crippen LogP contribution in [-0.4, -0.2) is 59.7 Å². The molecule has 0 atom stereocenters. The fourth-order valence-corrected chi connectivity index (χ4v) is 4.25. The summed E-state index contributed by atoms with van der Waals surface area (Å²) in [5.41, 5.74) is 1.34. The molecule has 3 heterocycles. The second kappa shape index (κ2) is 9.65. The molecule has 2 fully saturated rings. The van der Waals surface area contributed by atoms with Crippen molar-refractivity contribution in [2.24, 2.45) is 5.92 Å². The second-order valence-electron chi connectivity index (χ2n) is 8.13. The number of rotatable bonds is 7. The summed E-state index contributed by atoms with van der Waals surface area (Å²) in [6.45, 7) is 11.3. The van der Waals surface area contributed by atoms with E-state index in [1.165, 1.54) is 57.3 Å². The van der Waals surface area contributed by atoms with Crippen molar-refractivity contribution in [2.45, 2.75) is 64.6 Å². The smallest absolute Gasteiger partial charge is 0.0480 e. The van der Waals surface area contributed by atoms with Gasteiger partial charge in [-0.3, -0.25) is 14.8 Å². The van der Waals surface area contributed by atoms with Crippen LogP contribution in [-0.2, 0) is 11.3 Å². The average Bonchev–Trinajstić information content (AvgIpc) is 2.65. The molecule has 0 aromatic carbocycles. The van der Waals surface area contributed by atoms with Crippen LogP contribution in [0, 0.1) is 5.92 Å². The van der Waals surface area contributed by atoms with E-state index < -0.39 is 0 Å². The first-order valence-electron chi connectivity index (χ1n) is 10.2. The number of pyridine rings is 1. The van der Waals surface area contributed by atoms with Crippen molar-refractivity contribution in [1.82, 2.24) is 14.8 Å². The lowest BCUT2D eigenvalue weighted by atomic mass is 9.96. The van der Waals surface area contributed by atoms with Gasteiger partial charge in [0.1, 0.15) is 0 Å². The van der Waals surface area contributed by atoms with E-state index in [2.05, 4.69) is 34.7 Å². The fraction of sp³-hybridized carbons (Fsp3) is 0.762. The Hall–Kier alpha value is -0.970. The highest BCUT2D eigenvalue weighted by molar-refractivity contribution is 5.08. The number of hydrogen-bond donors (Lipinski definition) is 0. The monoisotopic (exact) mass is 345 g/mol. The van der Waals surface area contributed by atoms with Crippen LogP contribution in [0.5, 0.6) is 0 Å². The highest BCUT2D eigenvalue weighted by Gasteiger charge is 2.30. The number of aromatic nitrogens is 1. The number of piperidine rings is 1. The summed E-state index contributed by atoms with van der Waals surface area (Å²) in [6.07, 6.45) is 10.2. The molecule has 0 bridgehead atoms. The van der Waals surface area contributed by atoms with Crippen LogP contribution in [0.15, 0.2) is 24.5 Å². The van der Waals surface area contributed by atoms with Crippen molar-refractivity contribution in [3.05, 3.63) is 30.1 Å². The molecule has 0 N–H and O–H groups in total. The lowest BCUT2D eigenvalue weighted by Crippen LogP contribution is -2.50. The Kier molecular flexibility index (Phi) is 7.26. The molecule has 140 valence electrons. The Morgan fingerprint density at radius 2 is 1.88 bits per heavy atom. The van der Waals surface area contributed by atoms with Gasteiger partial charge in [-0.2, -0.15) is 0 Å². The maximum Gasteiger partial charge on any atom is 0.0480 e. The Balaban J connectivity index is 1.53. The van der Waals surface area contributed by atoms with Crippen LogP contribution >= 0.6 is 0 Å². The SMILES string of the molecule is CC(C)CCN(C1CCOCC1)C1CCN(Cc2cccnc2)CC1. The van der Waals surface area contributed by atoms with Crippen molar-refractivity contribution in [2.75, 3.05) is 32.8 Å². The molecule has 0 aliphatic carbocycles. The zero-order valence-corrected chi connectivity index (χ0v) is 16.1. The highest BCUT2D eigenvalue weighted by Crippen LogP contribution is 2.25. The molecular weight excluding hydrogens is 310 g/mol. The molecule has 25 heavy (non-hydrogen) atoms. The lowest BCUT2D eigenvalue weighted by Gasteiger charge is -2.44. The number of nitrogens with zero attached hydrogens (tertiary/aromatic N) is 3. The molecule has 2 aliphatic rings. The normalized spacial score (nSPS) is 21.3. The van der Waals surface area contributed by atoms with E-state index in [0.29, 0.717) is 0 Å². The molecule has 0 saturated carbocycles. The zero-order chi connectivity index (χ0) is 17.5. The van der Waals surface area contributed by atoms with E-state index in [-0.39, 0.29) is 0 Å². The largest absolute Gasteiger partial charge is 0.381 e. The third kappa shape index (κ3) is 5.77. The first-order chi connectivity index (χ1) is 12.2. The quantitative estimate of drug-likeness (QED) is 0.755. The molecule has 1 aromatic heterocycles. The summed E-state index contributed by atoms with van der Waals surface area (Å²) in [5.74, 6) is 0.785. The van der Waals surface area contributed by atoms with Gasteiger partial charge in [0, 0.05) is 44.2 Å². The van der Waals surface area contributed by atoms with E-state index in [0.717, 1.165) is 37.8 Å². The number of likely N-dealkylation sites (tertiary alicyclic amines) is 1. The summed E-state index contributed by atoms with van der Waals surface area (Å²) in [7, 11) is 0. The van der Waals surface area contributed by atoms with Crippen molar-refractivity contribution in [3.63, 3.8) is 0 Å². The van der Waals surface area contributed by atoms with Gasteiger partial charge in [0.05, 0.1) is 0 Å². The lowest BCUT2D eigenvalue weighted by molar-refractivity contribution is -0.000624. The minimum Gasteiger partial charge on any atom is -0.381 e. The predicted octanol–water partition coefficient (Wildman–Crippen LogP) is 3.57. The standard InChI is InChI=1S/C21H35N3O/c1-18(2)5-13-24(21-8-14-25-15-9-21)20-6-11-23(12-7-20)17-19-4-3-10-22-16-19/h3-4,10,16,18,20-21H,5-9,11-15,17H2,1-2H3. The second-order valence-corrected chi connectivity index (χ2v) is 8.13. The van der Waals surface area contributed by atoms with Gasteiger partial charge in [-0.15, -0.1) is 0 Å². The Morgan fingerprint density at radius 1 is 1.16 bits per heavy atom. The molecule has 0 radical (unpaired) electrons. The Labute approximate surface area is 153 Å². The molecule has 4 heteroatoms. The van der Waals surface area contributed by atoms with Gasteiger partial charge in [-0.25, -0.2) is 0 Å². The molecule has 0 spiro atoms. The molecule has 2 saturated heterocycles. The van der Waals surface area contributed by atoms with Gasteiger partial charge in [0.15, 0.2) is 0 Å². The van der Waals surface area contributed by atoms with Crippen molar-refractivity contribution < 1.29 is 4.74 Å². The molecule has 1 aromatic rings. The minimum atomic E-state index is 0.738. The Bertz CT molecular complexity index is 479. The Morgan fingerprint density at radius 3 is 2.52 bits per heavy atom. The van der Waals surface area contributed by atoms with Crippen LogP contribution in [0.1, 0.15) is 51.5 Å². The van der Waals surface area contributed by atoms with Gasteiger partial charge >= 0.3 is 0 Å². The van der Waals surface area contributed by atoms with Crippen LogP contribution < -0.4 is 0 Å². The maximum atomic E-state index is 5.61. The third-order valence-electron chi connectivity index (χ3n) is 5.78. The first kappa shape index (κ1) is 18.8. The van der Waals surface area contributed by atoms with E-state index >= 15 is 0 Å². The predicted molar refractivity (Wildman–Crippen MR) is 103 cm³/mol. The zero-order valence-electron chi connectivity index (χ0n) is 16.1. The van der Waals surface area contributed by atoms with Gasteiger partial charge < -0.3 is 4.74 Å². The molecule has 2 aliphatic heterocycles. The molecular formula is C21H35N3O. The maximum absolute atomic E-state index is 5.61. The molecule has 0 unspecified atom stereocenters. The van der Waals surface area contributed by atoms with Gasteiger partial charge in [0.25, 0.3) is 0 Å². The van der Waals surface area contributed by atoms with Gasteiger partial charge in [-0.1, -0.05) is 19.9 Å². The number of ether oxygens (including phenoxy) is 1. The highest BCUT2D eigenvalue weighted by atomic mass is 16.5. The van der Waals surface area contributed by atoms with E-state index in [1.807, 2.05) is 18.5 Å². The molecule has 4 nitrogen and oxygen atoms in total. The number of hydrogen-bond acceptors (Lipinski definition) is 4. The van der Waals surface area contributed by atoms with Crippen molar-refractivity contribution in [1.29, 1.82) is 0 Å². The van der Waals surface area contributed by atoms with Gasteiger partial charge in [-0.05, 0) is 69.3 Å². The van der Waals surface area contributed by atoms with Crippen LogP contribution in [0.4, 0.5) is 0 Å². The molecule has 0 amide bonds. The van der Waals surface area contributed by atoms with Crippen LogP contribution in [0.2, 0.25) is 0 Å². The van der Waals surface area contributed by atoms with Crippen LogP contribution in [0.25, 0.3) is 0 Å².